The summed E-state index contributed by atoms with van der Waals surface area (Å²) in [6.07, 6.45) is 2.95. The van der Waals surface area contributed by atoms with E-state index in [4.69, 9.17) is 14.0 Å². The van der Waals surface area contributed by atoms with Gasteiger partial charge >= 0.3 is 6.03 Å². The molecule has 168 valence electrons. The summed E-state index contributed by atoms with van der Waals surface area (Å²) in [4.78, 5) is 26.9. The third-order valence-corrected chi connectivity index (χ3v) is 5.66. The van der Waals surface area contributed by atoms with E-state index in [9.17, 15) is 9.59 Å². The summed E-state index contributed by atoms with van der Waals surface area (Å²) in [5.41, 5.74) is 3.70. The largest absolute Gasteiger partial charge is 0.493 e. The molecule has 10 nitrogen and oxygen atoms in total. The molecular weight excluding hydrogens is 414 g/mol. The number of carbonyl (C=O) groups excluding carboxylic acids is 2. The maximum Gasteiger partial charge on any atom is 0.329 e. The standard InChI is InChI=1S/C22H25N5O5/c1-12-15(13(2)32-26-12)10-17-18(11-23-25-17)27-21(28)16(24-22(27)29)7-5-14-6-8-19(30-3)20(9-14)31-4/h6,8-9,11,16H,5,7,10H2,1-4H3,(H,23,25)(H,24,29). The number of rotatable bonds is 8. The Bertz CT molecular complexity index is 1130. The lowest BCUT2D eigenvalue weighted by molar-refractivity contribution is -0.118. The van der Waals surface area contributed by atoms with Crippen LogP contribution in [0, 0.1) is 13.8 Å². The van der Waals surface area contributed by atoms with E-state index in [1.165, 1.54) is 6.20 Å². The minimum atomic E-state index is -0.627. The monoisotopic (exact) mass is 439 g/mol. The third kappa shape index (κ3) is 3.91. The molecule has 1 aliphatic heterocycles. The Morgan fingerprint density at radius 2 is 1.94 bits per heavy atom. The van der Waals surface area contributed by atoms with Crippen LogP contribution in [0.1, 0.15) is 34.7 Å². The van der Waals surface area contributed by atoms with Gasteiger partial charge in [-0.3, -0.25) is 9.89 Å². The number of imide groups is 1. The van der Waals surface area contributed by atoms with Gasteiger partial charge < -0.3 is 19.3 Å². The highest BCUT2D eigenvalue weighted by Crippen LogP contribution is 2.30. The molecule has 3 heterocycles. The SMILES string of the molecule is COc1ccc(CCC2NC(=O)N(c3cn[nH]c3Cc3c(C)noc3C)C2=O)cc1OC. The van der Waals surface area contributed by atoms with E-state index in [2.05, 4.69) is 20.7 Å². The lowest BCUT2D eigenvalue weighted by atomic mass is 10.0. The molecule has 1 aromatic carbocycles. The van der Waals surface area contributed by atoms with Gasteiger partial charge in [-0.05, 0) is 44.4 Å². The smallest absolute Gasteiger partial charge is 0.329 e. The molecule has 3 aromatic rings. The highest BCUT2D eigenvalue weighted by Gasteiger charge is 2.40. The van der Waals surface area contributed by atoms with Gasteiger partial charge in [-0.15, -0.1) is 0 Å². The van der Waals surface area contributed by atoms with Gasteiger partial charge in [-0.25, -0.2) is 9.69 Å². The van der Waals surface area contributed by atoms with Gasteiger partial charge in [-0.1, -0.05) is 11.2 Å². The quantitative estimate of drug-likeness (QED) is 0.517. The van der Waals surface area contributed by atoms with E-state index in [1.54, 1.807) is 14.2 Å². The van der Waals surface area contributed by atoms with Crippen LogP contribution in [0.4, 0.5) is 10.5 Å². The number of hydrogen-bond donors (Lipinski definition) is 2. The molecule has 0 bridgehead atoms. The maximum atomic E-state index is 13.1. The molecule has 10 heteroatoms. The molecule has 1 unspecified atom stereocenters. The van der Waals surface area contributed by atoms with Crippen LogP contribution in [-0.2, 0) is 17.6 Å². The molecule has 0 saturated carbocycles. The van der Waals surface area contributed by atoms with Gasteiger partial charge in [-0.2, -0.15) is 5.10 Å². The van der Waals surface area contributed by atoms with E-state index in [0.717, 1.165) is 21.7 Å². The molecule has 2 aromatic heterocycles. The van der Waals surface area contributed by atoms with Crippen molar-refractivity contribution in [1.29, 1.82) is 0 Å². The number of amides is 3. The van der Waals surface area contributed by atoms with Crippen molar-refractivity contribution in [3.63, 3.8) is 0 Å². The highest BCUT2D eigenvalue weighted by molar-refractivity contribution is 6.21. The predicted octanol–water partition coefficient (Wildman–Crippen LogP) is 2.68. The summed E-state index contributed by atoms with van der Waals surface area (Å²) in [6, 6.07) is 4.52. The summed E-state index contributed by atoms with van der Waals surface area (Å²) in [7, 11) is 3.15. The molecule has 2 N–H and O–H groups in total. The topological polar surface area (TPSA) is 123 Å². The first-order valence-electron chi connectivity index (χ1n) is 10.2. The number of benzene rings is 1. The van der Waals surface area contributed by atoms with Gasteiger partial charge in [0.05, 0.1) is 37.5 Å². The zero-order valence-electron chi connectivity index (χ0n) is 18.4. The van der Waals surface area contributed by atoms with Crippen molar-refractivity contribution in [3.05, 3.63) is 52.7 Å². The Kier molecular flexibility index (Phi) is 5.85. The highest BCUT2D eigenvalue weighted by atomic mass is 16.5. The fraction of sp³-hybridized carbons (Fsp3) is 0.364. The van der Waals surface area contributed by atoms with Crippen molar-refractivity contribution in [2.24, 2.45) is 0 Å². The Morgan fingerprint density at radius 1 is 1.16 bits per heavy atom. The van der Waals surface area contributed by atoms with Crippen molar-refractivity contribution < 1.29 is 23.6 Å². The number of aromatic nitrogens is 3. The molecule has 1 fully saturated rings. The van der Waals surface area contributed by atoms with Gasteiger partial charge in [0.15, 0.2) is 11.5 Å². The molecular formula is C22H25N5O5. The van der Waals surface area contributed by atoms with Gasteiger partial charge in [0.1, 0.15) is 11.8 Å². The summed E-state index contributed by atoms with van der Waals surface area (Å²) < 4.78 is 15.8. The van der Waals surface area contributed by atoms with Crippen molar-refractivity contribution in [2.75, 3.05) is 19.1 Å². The first-order valence-corrected chi connectivity index (χ1v) is 10.2. The summed E-state index contributed by atoms with van der Waals surface area (Å²) in [6.45, 7) is 3.67. The number of aromatic amines is 1. The van der Waals surface area contributed by atoms with Crippen LogP contribution in [0.25, 0.3) is 0 Å². The van der Waals surface area contributed by atoms with Crippen molar-refractivity contribution in [2.45, 2.75) is 39.2 Å². The zero-order valence-corrected chi connectivity index (χ0v) is 18.4. The zero-order chi connectivity index (χ0) is 22.8. The minimum absolute atomic E-state index is 0.308. The van der Waals surface area contributed by atoms with Crippen LogP contribution in [0.2, 0.25) is 0 Å². The Balaban J connectivity index is 1.48. The number of hydrogen-bond acceptors (Lipinski definition) is 7. The third-order valence-electron chi connectivity index (χ3n) is 5.66. The van der Waals surface area contributed by atoms with Crippen molar-refractivity contribution >= 4 is 17.6 Å². The summed E-state index contributed by atoms with van der Waals surface area (Å²) >= 11 is 0. The second kappa shape index (κ2) is 8.74. The fourth-order valence-corrected chi connectivity index (χ4v) is 3.86. The number of aryl methyl sites for hydroxylation is 3. The Hall–Kier alpha value is -3.82. The van der Waals surface area contributed by atoms with E-state index in [-0.39, 0.29) is 5.91 Å². The van der Waals surface area contributed by atoms with Crippen LogP contribution in [-0.4, -0.2) is 47.6 Å². The normalized spacial score (nSPS) is 15.9. The van der Waals surface area contributed by atoms with Crippen LogP contribution < -0.4 is 19.7 Å². The summed E-state index contributed by atoms with van der Waals surface area (Å²) in [5.74, 6) is 1.64. The van der Waals surface area contributed by atoms with Crippen LogP contribution in [0.3, 0.4) is 0 Å². The Morgan fingerprint density at radius 3 is 2.62 bits per heavy atom. The number of nitrogens with zero attached hydrogens (tertiary/aromatic N) is 3. The van der Waals surface area contributed by atoms with Gasteiger partial charge in [0.2, 0.25) is 0 Å². The van der Waals surface area contributed by atoms with Crippen molar-refractivity contribution in [3.8, 4) is 11.5 Å². The molecule has 1 aliphatic rings. The molecule has 1 saturated heterocycles. The molecule has 3 amide bonds. The number of carbonyl (C=O) groups is 2. The Labute approximate surface area is 184 Å². The predicted molar refractivity (Wildman–Crippen MR) is 115 cm³/mol. The van der Waals surface area contributed by atoms with Gasteiger partial charge in [0, 0.05) is 12.0 Å². The van der Waals surface area contributed by atoms with Crippen molar-refractivity contribution in [1.82, 2.24) is 20.7 Å². The molecule has 0 aliphatic carbocycles. The van der Waals surface area contributed by atoms with Gasteiger partial charge in [0.25, 0.3) is 5.91 Å². The van der Waals surface area contributed by atoms with E-state index in [1.807, 2.05) is 32.0 Å². The lowest BCUT2D eigenvalue weighted by Crippen LogP contribution is -2.32. The number of nitrogens with one attached hydrogen (secondary N) is 2. The molecule has 0 radical (unpaired) electrons. The number of urea groups is 1. The van der Waals surface area contributed by atoms with E-state index >= 15 is 0 Å². The average Bonchev–Trinajstić information content (AvgIpc) is 3.45. The molecule has 4 rings (SSSR count). The first kappa shape index (κ1) is 21.4. The minimum Gasteiger partial charge on any atom is -0.493 e. The number of anilines is 1. The second-order valence-electron chi connectivity index (χ2n) is 7.62. The molecule has 0 spiro atoms. The van der Waals surface area contributed by atoms with E-state index in [0.29, 0.717) is 47.9 Å². The second-order valence-corrected chi connectivity index (χ2v) is 7.62. The van der Waals surface area contributed by atoms with E-state index < -0.39 is 12.1 Å². The summed E-state index contributed by atoms with van der Waals surface area (Å²) in [5, 5.41) is 13.7. The number of H-pyrrole nitrogens is 1. The first-order chi connectivity index (χ1) is 15.4. The average molecular weight is 439 g/mol. The molecule has 32 heavy (non-hydrogen) atoms. The van der Waals surface area contributed by atoms with Crippen LogP contribution in [0.5, 0.6) is 11.5 Å². The lowest BCUT2D eigenvalue weighted by Gasteiger charge is -2.13. The number of methoxy groups -OCH3 is 2. The maximum absolute atomic E-state index is 13.1. The van der Waals surface area contributed by atoms with Crippen LogP contribution >= 0.6 is 0 Å². The number of ether oxygens (including phenoxy) is 2. The fourth-order valence-electron chi connectivity index (χ4n) is 3.86. The molecule has 1 atom stereocenters. The van der Waals surface area contributed by atoms with Crippen LogP contribution in [0.15, 0.2) is 28.9 Å².